The second-order valence-corrected chi connectivity index (χ2v) is 13.7. The first-order valence-electron chi connectivity index (χ1n) is 14.5. The summed E-state index contributed by atoms with van der Waals surface area (Å²) in [5.74, 6) is 5.61. The molecule has 0 aromatic heterocycles. The van der Waals surface area contributed by atoms with Crippen molar-refractivity contribution in [1.82, 2.24) is 0 Å². The van der Waals surface area contributed by atoms with Gasteiger partial charge in [-0.05, 0) is 112 Å². The van der Waals surface area contributed by atoms with Crippen LogP contribution < -0.4 is 0 Å². The molecule has 2 heteroatoms. The lowest BCUT2D eigenvalue weighted by Crippen LogP contribution is -2.58. The van der Waals surface area contributed by atoms with E-state index in [4.69, 9.17) is 4.74 Å². The molecular weight excluding hydrogens is 404 g/mol. The monoisotopic (exact) mass is 456 g/mol. The van der Waals surface area contributed by atoms with Crippen molar-refractivity contribution in [3.05, 3.63) is 12.2 Å². The van der Waals surface area contributed by atoms with E-state index in [1.54, 1.807) is 6.92 Å². The minimum Gasteiger partial charge on any atom is -0.458 e. The molecule has 0 aliphatic heterocycles. The van der Waals surface area contributed by atoms with Gasteiger partial charge in [0.15, 0.2) is 0 Å². The highest BCUT2D eigenvalue weighted by Gasteiger charge is 2.62. The number of fused-ring (bicyclic) bond motifs is 5. The summed E-state index contributed by atoms with van der Waals surface area (Å²) in [7, 11) is 0. The lowest BCUT2D eigenvalue weighted by molar-refractivity contribution is -0.189. The van der Waals surface area contributed by atoms with Gasteiger partial charge >= 0.3 is 5.97 Å². The summed E-state index contributed by atoms with van der Waals surface area (Å²) < 4.78 is 6.20. The number of hydrogen-bond donors (Lipinski definition) is 0. The average Bonchev–Trinajstić information content (AvgIpc) is 3.11. The van der Waals surface area contributed by atoms with Crippen LogP contribution in [0.25, 0.3) is 0 Å². The van der Waals surface area contributed by atoms with Crippen molar-refractivity contribution >= 4 is 5.97 Å². The van der Waals surface area contributed by atoms with E-state index in [0.717, 1.165) is 47.8 Å². The topological polar surface area (TPSA) is 26.3 Å². The van der Waals surface area contributed by atoms with Crippen LogP contribution in [0.1, 0.15) is 119 Å². The first-order chi connectivity index (χ1) is 15.6. The van der Waals surface area contributed by atoms with Gasteiger partial charge in [-0.15, -0.1) is 0 Å². The summed E-state index contributed by atoms with van der Waals surface area (Å²) in [6.07, 6.45) is 16.3. The number of esters is 1. The van der Waals surface area contributed by atoms with Gasteiger partial charge in [0.05, 0.1) is 0 Å². The Kier molecular flexibility index (Phi) is 7.43. The van der Waals surface area contributed by atoms with Crippen LogP contribution in [0.4, 0.5) is 0 Å². The Morgan fingerprint density at radius 3 is 2.42 bits per heavy atom. The van der Waals surface area contributed by atoms with Gasteiger partial charge in [-0.2, -0.15) is 0 Å². The van der Waals surface area contributed by atoms with E-state index < -0.39 is 0 Å². The van der Waals surface area contributed by atoms with Gasteiger partial charge in [0.25, 0.3) is 0 Å². The highest BCUT2D eigenvalue weighted by Crippen LogP contribution is 2.68. The maximum Gasteiger partial charge on any atom is 0.333 e. The van der Waals surface area contributed by atoms with E-state index in [0.29, 0.717) is 11.0 Å². The molecule has 2 unspecified atom stereocenters. The summed E-state index contributed by atoms with van der Waals surface area (Å²) in [6, 6.07) is 0. The molecule has 0 bridgehead atoms. The van der Waals surface area contributed by atoms with Crippen LogP contribution in [0.2, 0.25) is 0 Å². The second-order valence-electron chi connectivity index (χ2n) is 13.7. The highest BCUT2D eigenvalue weighted by molar-refractivity contribution is 5.87. The van der Waals surface area contributed by atoms with E-state index in [2.05, 4.69) is 41.2 Å². The van der Waals surface area contributed by atoms with Crippen molar-refractivity contribution in [3.8, 4) is 0 Å². The predicted molar refractivity (Wildman–Crippen MR) is 138 cm³/mol. The van der Waals surface area contributed by atoms with Gasteiger partial charge in [0, 0.05) is 11.0 Å². The molecule has 4 aliphatic rings. The quantitative estimate of drug-likeness (QED) is 0.283. The number of hydrogen-bond acceptors (Lipinski definition) is 2. The summed E-state index contributed by atoms with van der Waals surface area (Å²) >= 11 is 0. The molecule has 188 valence electrons. The normalized spacial score (nSPS) is 43.4. The smallest absolute Gasteiger partial charge is 0.333 e. The summed E-state index contributed by atoms with van der Waals surface area (Å²) in [4.78, 5) is 12.5. The molecule has 33 heavy (non-hydrogen) atoms. The van der Waals surface area contributed by atoms with Gasteiger partial charge in [-0.1, -0.05) is 60.5 Å². The van der Waals surface area contributed by atoms with Crippen LogP contribution >= 0.6 is 0 Å². The molecule has 0 aromatic rings. The first-order valence-corrected chi connectivity index (χ1v) is 14.5. The SMILES string of the molecule is C=C(C)C(=O)OC1CCCC2CC[C@@H]3[C@H](CC[C@]4(C)[C@@H]([C@H](C)CCCC(C)C)CC[C@@H]34)[C@]21C. The molecule has 0 heterocycles. The van der Waals surface area contributed by atoms with E-state index in [1.165, 1.54) is 70.6 Å². The van der Waals surface area contributed by atoms with Crippen LogP contribution in [-0.2, 0) is 9.53 Å². The van der Waals surface area contributed by atoms with Crippen LogP contribution in [0.15, 0.2) is 12.2 Å². The number of carbonyl (C=O) groups is 1. The zero-order valence-electron chi connectivity index (χ0n) is 22.6. The Morgan fingerprint density at radius 1 is 0.970 bits per heavy atom. The maximum absolute atomic E-state index is 12.5. The predicted octanol–water partition coefficient (Wildman–Crippen LogP) is 8.60. The third-order valence-electron chi connectivity index (χ3n) is 11.5. The van der Waals surface area contributed by atoms with Crippen LogP contribution in [-0.4, -0.2) is 12.1 Å². The van der Waals surface area contributed by atoms with E-state index in [-0.39, 0.29) is 17.5 Å². The van der Waals surface area contributed by atoms with E-state index in [9.17, 15) is 4.79 Å². The molecule has 0 spiro atoms. The van der Waals surface area contributed by atoms with Crippen molar-refractivity contribution in [2.24, 2.45) is 52.3 Å². The van der Waals surface area contributed by atoms with E-state index >= 15 is 0 Å². The molecule has 0 N–H and O–H groups in total. The molecule has 4 fully saturated rings. The van der Waals surface area contributed by atoms with Gasteiger partial charge < -0.3 is 4.74 Å². The number of carbonyl (C=O) groups excluding carboxylic acids is 1. The zero-order chi connectivity index (χ0) is 24.0. The maximum atomic E-state index is 12.5. The van der Waals surface area contributed by atoms with Crippen molar-refractivity contribution < 1.29 is 9.53 Å². The summed E-state index contributed by atoms with van der Waals surface area (Å²) in [5.41, 5.74) is 1.24. The lowest BCUT2D eigenvalue weighted by Gasteiger charge is -2.62. The summed E-state index contributed by atoms with van der Waals surface area (Å²) in [6.45, 7) is 18.1. The minimum absolute atomic E-state index is 0.0877. The molecule has 2 nitrogen and oxygen atoms in total. The van der Waals surface area contributed by atoms with Crippen molar-refractivity contribution in [1.29, 1.82) is 0 Å². The molecule has 9 atom stereocenters. The highest BCUT2D eigenvalue weighted by atomic mass is 16.5. The Labute approximate surface area is 204 Å². The molecule has 4 saturated carbocycles. The van der Waals surface area contributed by atoms with Gasteiger partial charge in [-0.25, -0.2) is 4.79 Å². The third-order valence-corrected chi connectivity index (χ3v) is 11.5. The Balaban J connectivity index is 1.52. The van der Waals surface area contributed by atoms with Crippen LogP contribution in [0.3, 0.4) is 0 Å². The lowest BCUT2D eigenvalue weighted by atomic mass is 9.44. The van der Waals surface area contributed by atoms with Crippen LogP contribution in [0.5, 0.6) is 0 Å². The zero-order valence-corrected chi connectivity index (χ0v) is 22.6. The second kappa shape index (κ2) is 9.69. The largest absolute Gasteiger partial charge is 0.458 e. The Hall–Kier alpha value is -0.790. The van der Waals surface area contributed by atoms with Crippen molar-refractivity contribution in [2.75, 3.05) is 0 Å². The van der Waals surface area contributed by atoms with E-state index in [1.807, 2.05) is 0 Å². The molecule has 0 saturated heterocycles. The standard InChI is InChI=1S/C31H52O2/c1-20(2)10-8-11-22(5)25-16-17-26-24-15-14-23-12-9-13-28(33-29(32)21(3)4)31(23,7)27(24)18-19-30(25,26)6/h20,22-28H,3,8-19H2,1-2,4-7H3/t22-,23?,24+,25-,26+,27+,28?,30-,31+/m1/s1. The third kappa shape index (κ3) is 4.47. The number of ether oxygens (including phenoxy) is 1. The minimum atomic E-state index is -0.166. The molecule has 0 aromatic carbocycles. The Morgan fingerprint density at radius 2 is 1.73 bits per heavy atom. The molecule has 4 aliphatic carbocycles. The van der Waals surface area contributed by atoms with Crippen LogP contribution in [0, 0.1) is 52.3 Å². The first kappa shape index (κ1) is 25.3. The fraction of sp³-hybridized carbons (Fsp3) is 0.903. The fourth-order valence-electron chi connectivity index (χ4n) is 9.73. The molecule has 0 amide bonds. The van der Waals surface area contributed by atoms with Gasteiger partial charge in [0.2, 0.25) is 0 Å². The average molecular weight is 457 g/mol. The Bertz CT molecular complexity index is 724. The molecule has 0 radical (unpaired) electrons. The van der Waals surface area contributed by atoms with Crippen molar-refractivity contribution in [2.45, 2.75) is 125 Å². The van der Waals surface area contributed by atoms with Crippen molar-refractivity contribution in [3.63, 3.8) is 0 Å². The van der Waals surface area contributed by atoms with Gasteiger partial charge in [0.1, 0.15) is 6.10 Å². The summed E-state index contributed by atoms with van der Waals surface area (Å²) in [5, 5.41) is 0. The molecule has 4 rings (SSSR count). The van der Waals surface area contributed by atoms with Gasteiger partial charge in [-0.3, -0.25) is 0 Å². The fourth-order valence-corrected chi connectivity index (χ4v) is 9.73. The molecular formula is C31H52O2. The number of rotatable bonds is 7.